The smallest absolute Gasteiger partial charge is 0.227 e. The Hall–Kier alpha value is -2.29. The Kier molecular flexibility index (Phi) is 3.65. The maximum Gasteiger partial charge on any atom is 0.227 e. The largest absolute Gasteiger partial charge is 0.398 e. The first kappa shape index (κ1) is 13.7. The van der Waals surface area contributed by atoms with Crippen LogP contribution in [-0.2, 0) is 17.6 Å². The van der Waals surface area contributed by atoms with Gasteiger partial charge in [-0.25, -0.2) is 0 Å². The van der Waals surface area contributed by atoms with Gasteiger partial charge in [-0.15, -0.1) is 0 Å². The molecule has 1 heterocycles. The van der Waals surface area contributed by atoms with Gasteiger partial charge in [-0.2, -0.15) is 0 Å². The van der Waals surface area contributed by atoms with Crippen LogP contribution in [0.25, 0.3) is 0 Å². The van der Waals surface area contributed by atoms with E-state index in [4.69, 9.17) is 5.73 Å². The second-order valence-corrected chi connectivity index (χ2v) is 5.62. The number of nitrogen functional groups attached to an aromatic ring is 1. The summed E-state index contributed by atoms with van der Waals surface area (Å²) >= 11 is 0. The first-order valence-electron chi connectivity index (χ1n) is 7.38. The van der Waals surface area contributed by atoms with E-state index in [1.807, 2.05) is 36.1 Å². The highest BCUT2D eigenvalue weighted by molar-refractivity contribution is 5.96. The fourth-order valence-corrected chi connectivity index (χ4v) is 2.87. The van der Waals surface area contributed by atoms with E-state index in [1.54, 1.807) is 0 Å². The van der Waals surface area contributed by atoms with Gasteiger partial charge in [0.25, 0.3) is 0 Å². The SMILES string of the molecule is Cc1cc2c(cc1N)N(C(=O)CCc1ccccc1)CC2. The highest BCUT2D eigenvalue weighted by Crippen LogP contribution is 2.32. The Morgan fingerprint density at radius 1 is 1.24 bits per heavy atom. The summed E-state index contributed by atoms with van der Waals surface area (Å²) in [6.07, 6.45) is 2.25. The van der Waals surface area contributed by atoms with Crippen molar-refractivity contribution in [2.75, 3.05) is 17.2 Å². The van der Waals surface area contributed by atoms with Crippen molar-refractivity contribution in [3.8, 4) is 0 Å². The molecule has 3 rings (SSSR count). The molecule has 0 spiro atoms. The van der Waals surface area contributed by atoms with Crippen molar-refractivity contribution < 1.29 is 4.79 Å². The number of fused-ring (bicyclic) bond motifs is 1. The molecule has 0 aromatic heterocycles. The van der Waals surface area contributed by atoms with E-state index < -0.39 is 0 Å². The number of hydrogen-bond acceptors (Lipinski definition) is 2. The van der Waals surface area contributed by atoms with Crippen LogP contribution in [0.2, 0.25) is 0 Å². The molecule has 2 aromatic carbocycles. The zero-order valence-electron chi connectivity index (χ0n) is 12.3. The molecule has 0 aliphatic carbocycles. The van der Waals surface area contributed by atoms with E-state index in [-0.39, 0.29) is 5.91 Å². The summed E-state index contributed by atoms with van der Waals surface area (Å²) in [5, 5.41) is 0. The highest BCUT2D eigenvalue weighted by atomic mass is 16.2. The molecule has 1 amide bonds. The lowest BCUT2D eigenvalue weighted by Crippen LogP contribution is -2.29. The van der Waals surface area contributed by atoms with Crippen molar-refractivity contribution in [3.63, 3.8) is 0 Å². The van der Waals surface area contributed by atoms with Gasteiger partial charge in [-0.1, -0.05) is 36.4 Å². The van der Waals surface area contributed by atoms with Crippen LogP contribution in [0, 0.1) is 6.92 Å². The van der Waals surface area contributed by atoms with Crippen LogP contribution in [0.1, 0.15) is 23.1 Å². The normalized spacial score (nSPS) is 13.3. The molecule has 0 radical (unpaired) electrons. The van der Waals surface area contributed by atoms with Crippen LogP contribution in [0.5, 0.6) is 0 Å². The molecule has 1 aliphatic heterocycles. The molecule has 0 saturated heterocycles. The fraction of sp³-hybridized carbons (Fsp3) is 0.278. The predicted molar refractivity (Wildman–Crippen MR) is 86.4 cm³/mol. The topological polar surface area (TPSA) is 46.3 Å². The lowest BCUT2D eigenvalue weighted by molar-refractivity contribution is -0.118. The quantitative estimate of drug-likeness (QED) is 0.878. The summed E-state index contributed by atoms with van der Waals surface area (Å²) in [4.78, 5) is 14.3. The minimum Gasteiger partial charge on any atom is -0.398 e. The zero-order valence-corrected chi connectivity index (χ0v) is 12.3. The number of nitrogens with two attached hydrogens (primary N) is 1. The second kappa shape index (κ2) is 5.60. The summed E-state index contributed by atoms with van der Waals surface area (Å²) in [5.74, 6) is 0.181. The molecule has 1 aliphatic rings. The van der Waals surface area contributed by atoms with Gasteiger partial charge in [0, 0.05) is 24.3 Å². The van der Waals surface area contributed by atoms with Crippen LogP contribution < -0.4 is 10.6 Å². The number of amides is 1. The number of aryl methyl sites for hydroxylation is 2. The summed E-state index contributed by atoms with van der Waals surface area (Å²) < 4.78 is 0. The van der Waals surface area contributed by atoms with Crippen molar-refractivity contribution in [3.05, 3.63) is 59.2 Å². The molecule has 0 fully saturated rings. The van der Waals surface area contributed by atoms with Gasteiger partial charge in [0.2, 0.25) is 5.91 Å². The van der Waals surface area contributed by atoms with E-state index >= 15 is 0 Å². The highest BCUT2D eigenvalue weighted by Gasteiger charge is 2.24. The Labute approximate surface area is 125 Å². The molecule has 0 saturated carbocycles. The van der Waals surface area contributed by atoms with Crippen molar-refractivity contribution in [2.45, 2.75) is 26.2 Å². The van der Waals surface area contributed by atoms with E-state index in [9.17, 15) is 4.79 Å². The van der Waals surface area contributed by atoms with Crippen molar-refractivity contribution in [1.82, 2.24) is 0 Å². The minimum atomic E-state index is 0.181. The fourth-order valence-electron chi connectivity index (χ4n) is 2.87. The minimum absolute atomic E-state index is 0.181. The molecule has 21 heavy (non-hydrogen) atoms. The van der Waals surface area contributed by atoms with Crippen LogP contribution in [0.3, 0.4) is 0 Å². The maximum atomic E-state index is 12.5. The van der Waals surface area contributed by atoms with Crippen LogP contribution in [0.15, 0.2) is 42.5 Å². The molecule has 3 heteroatoms. The molecule has 2 aromatic rings. The average Bonchev–Trinajstić information content (AvgIpc) is 2.89. The molecule has 2 N–H and O–H groups in total. The van der Waals surface area contributed by atoms with E-state index in [1.165, 1.54) is 11.1 Å². The summed E-state index contributed by atoms with van der Waals surface area (Å²) in [6.45, 7) is 2.78. The lowest BCUT2D eigenvalue weighted by atomic mass is 10.1. The third-order valence-electron chi connectivity index (χ3n) is 4.13. The first-order chi connectivity index (χ1) is 10.1. The third kappa shape index (κ3) is 2.77. The molecule has 0 bridgehead atoms. The van der Waals surface area contributed by atoms with Crippen molar-refractivity contribution >= 4 is 17.3 Å². The lowest BCUT2D eigenvalue weighted by Gasteiger charge is -2.18. The van der Waals surface area contributed by atoms with Crippen LogP contribution >= 0.6 is 0 Å². The first-order valence-corrected chi connectivity index (χ1v) is 7.38. The Morgan fingerprint density at radius 3 is 2.76 bits per heavy atom. The van der Waals surface area contributed by atoms with Gasteiger partial charge in [0.05, 0.1) is 0 Å². The number of hydrogen-bond donors (Lipinski definition) is 1. The van der Waals surface area contributed by atoms with Gasteiger partial charge in [0.15, 0.2) is 0 Å². The van der Waals surface area contributed by atoms with E-state index in [2.05, 4.69) is 18.2 Å². The Balaban J connectivity index is 1.72. The molecule has 0 atom stereocenters. The third-order valence-corrected chi connectivity index (χ3v) is 4.13. The van der Waals surface area contributed by atoms with Crippen LogP contribution in [-0.4, -0.2) is 12.5 Å². The average molecular weight is 280 g/mol. The number of nitrogens with zero attached hydrogens (tertiary/aromatic N) is 1. The molecular weight excluding hydrogens is 260 g/mol. The van der Waals surface area contributed by atoms with Gasteiger partial charge < -0.3 is 10.6 Å². The van der Waals surface area contributed by atoms with E-state index in [0.29, 0.717) is 6.42 Å². The van der Waals surface area contributed by atoms with Crippen molar-refractivity contribution in [1.29, 1.82) is 0 Å². The number of anilines is 2. The van der Waals surface area contributed by atoms with Gasteiger partial charge in [0.1, 0.15) is 0 Å². The summed E-state index contributed by atoms with van der Waals surface area (Å²) in [7, 11) is 0. The molecular formula is C18H20N2O. The second-order valence-electron chi connectivity index (χ2n) is 5.62. The monoisotopic (exact) mass is 280 g/mol. The molecule has 0 unspecified atom stereocenters. The van der Waals surface area contributed by atoms with Gasteiger partial charge >= 0.3 is 0 Å². The number of carbonyl (C=O) groups is 1. The zero-order chi connectivity index (χ0) is 14.8. The standard InChI is InChI=1S/C18H20N2O/c1-13-11-15-9-10-20(17(15)12-16(13)19)18(21)8-7-14-5-3-2-4-6-14/h2-6,11-12H,7-10,19H2,1H3. The summed E-state index contributed by atoms with van der Waals surface area (Å²) in [6, 6.07) is 14.2. The predicted octanol–water partition coefficient (Wildman–Crippen LogP) is 3.10. The van der Waals surface area contributed by atoms with Crippen LogP contribution in [0.4, 0.5) is 11.4 Å². The van der Waals surface area contributed by atoms with Gasteiger partial charge in [-0.3, -0.25) is 4.79 Å². The Morgan fingerprint density at radius 2 is 2.00 bits per heavy atom. The molecule has 108 valence electrons. The number of rotatable bonds is 3. The maximum absolute atomic E-state index is 12.5. The summed E-state index contributed by atoms with van der Waals surface area (Å²) in [5.41, 5.74) is 11.3. The number of benzene rings is 2. The molecule has 3 nitrogen and oxygen atoms in total. The van der Waals surface area contributed by atoms with Crippen molar-refractivity contribution in [2.24, 2.45) is 0 Å². The number of carbonyl (C=O) groups excluding carboxylic acids is 1. The Bertz CT molecular complexity index is 664. The van der Waals surface area contributed by atoms with Gasteiger partial charge in [-0.05, 0) is 42.5 Å². The van der Waals surface area contributed by atoms with E-state index in [0.717, 1.165) is 36.3 Å².